The van der Waals surface area contributed by atoms with E-state index in [1.807, 2.05) is 6.92 Å². The Morgan fingerprint density at radius 3 is 2.35 bits per heavy atom. The van der Waals surface area contributed by atoms with Crippen molar-refractivity contribution < 1.29 is 21.9 Å². The number of rotatable bonds is 3. The average Bonchev–Trinajstić information content (AvgIpc) is 2.39. The van der Waals surface area contributed by atoms with E-state index in [0.717, 1.165) is 5.56 Å². The molecule has 0 amide bonds. The molecule has 1 aliphatic rings. The second-order valence-corrected chi connectivity index (χ2v) is 8.03. The van der Waals surface area contributed by atoms with Gasteiger partial charge in [-0.25, -0.2) is 0 Å². The van der Waals surface area contributed by atoms with E-state index in [2.05, 4.69) is 4.18 Å². The van der Waals surface area contributed by atoms with E-state index in [9.17, 15) is 17.8 Å². The van der Waals surface area contributed by atoms with Gasteiger partial charge in [0.2, 0.25) is 0 Å². The monoisotopic (exact) mass is 316 g/mol. The van der Waals surface area contributed by atoms with Crippen molar-refractivity contribution in [3.8, 4) is 0 Å². The van der Waals surface area contributed by atoms with Gasteiger partial charge in [-0.1, -0.05) is 28.9 Å². The lowest BCUT2D eigenvalue weighted by Crippen LogP contribution is -2.30. The molecule has 20 heavy (non-hydrogen) atoms. The van der Waals surface area contributed by atoms with Crippen LogP contribution in [0.4, 0.5) is 0 Å². The second kappa shape index (κ2) is 6.15. The Hall–Kier alpha value is -1.05. The molecule has 1 heterocycles. The summed E-state index contributed by atoms with van der Waals surface area (Å²) in [7, 11) is -4.06. The van der Waals surface area contributed by atoms with Gasteiger partial charge in [-0.3, -0.25) is 4.79 Å². The van der Waals surface area contributed by atoms with E-state index in [1.165, 1.54) is 12.1 Å². The molecule has 1 aromatic rings. The Balaban J connectivity index is 2.04. The molecular formula is C13H16O5S2. The molecule has 1 saturated heterocycles. The van der Waals surface area contributed by atoms with Crippen LogP contribution < -0.4 is 0 Å². The van der Waals surface area contributed by atoms with Crippen LogP contribution in [0.2, 0.25) is 0 Å². The highest BCUT2D eigenvalue weighted by atomic mass is 32.2. The summed E-state index contributed by atoms with van der Waals surface area (Å²) in [6, 6.07) is 6.11. The van der Waals surface area contributed by atoms with Crippen LogP contribution >= 0.6 is 0 Å². The first-order valence-corrected chi connectivity index (χ1v) is 9.18. The van der Waals surface area contributed by atoms with Gasteiger partial charge in [0, 0.05) is 12.8 Å². The molecule has 0 radical (unpaired) electrons. The summed E-state index contributed by atoms with van der Waals surface area (Å²) in [4.78, 5) is 11.8. The minimum Gasteiger partial charge on any atom is -0.616 e. The predicted molar refractivity (Wildman–Crippen MR) is 75.1 cm³/mol. The second-order valence-electron chi connectivity index (χ2n) is 4.79. The molecule has 5 nitrogen and oxygen atoms in total. The molecule has 110 valence electrons. The SMILES string of the molecule is Cc1ccc(S(=O)(=O)OC(=O)C2CC[S+]([O-])CC2)cc1. The zero-order valence-corrected chi connectivity index (χ0v) is 12.7. The molecule has 0 aliphatic carbocycles. The molecule has 0 unspecified atom stereocenters. The molecule has 1 aromatic carbocycles. The largest absolute Gasteiger partial charge is 0.616 e. The van der Waals surface area contributed by atoms with Gasteiger partial charge in [0.1, 0.15) is 16.4 Å². The summed E-state index contributed by atoms with van der Waals surface area (Å²) in [6.45, 7) is 1.84. The summed E-state index contributed by atoms with van der Waals surface area (Å²) in [6.07, 6.45) is 0.823. The zero-order valence-electron chi connectivity index (χ0n) is 11.1. The van der Waals surface area contributed by atoms with E-state index < -0.39 is 33.2 Å². The van der Waals surface area contributed by atoms with Crippen LogP contribution in [-0.2, 0) is 30.3 Å². The van der Waals surface area contributed by atoms with Gasteiger partial charge >= 0.3 is 16.1 Å². The molecule has 2 rings (SSSR count). The Bertz CT molecular complexity index is 571. The Labute approximate surface area is 121 Å². The van der Waals surface area contributed by atoms with Crippen molar-refractivity contribution in [1.82, 2.24) is 0 Å². The van der Waals surface area contributed by atoms with E-state index in [0.29, 0.717) is 24.3 Å². The standard InChI is InChI=1S/C13H16O5S2/c1-10-2-4-12(5-3-10)20(16,17)18-13(14)11-6-8-19(15)9-7-11/h2-5,11H,6-9H2,1H3. The maximum atomic E-state index is 12.0. The Kier molecular flexibility index (Phi) is 4.72. The molecular weight excluding hydrogens is 300 g/mol. The molecule has 1 aliphatic heterocycles. The van der Waals surface area contributed by atoms with Gasteiger partial charge in [-0.2, -0.15) is 8.42 Å². The molecule has 0 N–H and O–H groups in total. The van der Waals surface area contributed by atoms with Crippen molar-refractivity contribution in [2.45, 2.75) is 24.7 Å². The van der Waals surface area contributed by atoms with Gasteiger partial charge in [0.15, 0.2) is 0 Å². The molecule has 1 fully saturated rings. The van der Waals surface area contributed by atoms with Crippen molar-refractivity contribution >= 4 is 27.3 Å². The molecule has 0 aromatic heterocycles. The summed E-state index contributed by atoms with van der Waals surface area (Å²) in [5.41, 5.74) is 0.921. The number of aryl methyl sites for hydroxylation is 1. The fraction of sp³-hybridized carbons (Fsp3) is 0.462. The van der Waals surface area contributed by atoms with Crippen LogP contribution in [0.1, 0.15) is 18.4 Å². The minimum absolute atomic E-state index is 0.0316. The van der Waals surface area contributed by atoms with Crippen molar-refractivity contribution in [2.75, 3.05) is 11.5 Å². The molecule has 0 saturated carbocycles. The summed E-state index contributed by atoms with van der Waals surface area (Å²) in [5, 5.41) is 0. The Morgan fingerprint density at radius 2 is 1.80 bits per heavy atom. The molecule has 0 spiro atoms. The topological polar surface area (TPSA) is 83.5 Å². The van der Waals surface area contributed by atoms with Crippen molar-refractivity contribution in [3.63, 3.8) is 0 Å². The normalized spacial score (nSPS) is 23.3. The van der Waals surface area contributed by atoms with Gasteiger partial charge in [0.25, 0.3) is 0 Å². The summed E-state index contributed by atoms with van der Waals surface area (Å²) >= 11 is -0.896. The van der Waals surface area contributed by atoms with E-state index in [1.54, 1.807) is 12.1 Å². The summed E-state index contributed by atoms with van der Waals surface area (Å²) < 4.78 is 39.8. The van der Waals surface area contributed by atoms with Crippen LogP contribution in [0.15, 0.2) is 29.2 Å². The highest BCUT2D eigenvalue weighted by Gasteiger charge is 2.32. The maximum absolute atomic E-state index is 12.0. The minimum atomic E-state index is -4.06. The van der Waals surface area contributed by atoms with Crippen LogP contribution in [0.5, 0.6) is 0 Å². The smallest absolute Gasteiger partial charge is 0.341 e. The predicted octanol–water partition coefficient (Wildman–Crippen LogP) is 1.39. The number of benzene rings is 1. The average molecular weight is 316 g/mol. The Morgan fingerprint density at radius 1 is 1.25 bits per heavy atom. The number of hydrogen-bond acceptors (Lipinski definition) is 5. The van der Waals surface area contributed by atoms with Crippen LogP contribution in [-0.4, -0.2) is 30.4 Å². The number of hydrogen-bond donors (Lipinski definition) is 0. The first-order valence-electron chi connectivity index (χ1n) is 6.28. The van der Waals surface area contributed by atoms with E-state index in [4.69, 9.17) is 0 Å². The first kappa shape index (κ1) is 15.3. The molecule has 0 atom stereocenters. The quantitative estimate of drug-likeness (QED) is 0.621. The molecule has 0 bridgehead atoms. The van der Waals surface area contributed by atoms with Crippen LogP contribution in [0.3, 0.4) is 0 Å². The van der Waals surface area contributed by atoms with E-state index in [-0.39, 0.29) is 4.90 Å². The fourth-order valence-electron chi connectivity index (χ4n) is 1.96. The lowest BCUT2D eigenvalue weighted by atomic mass is 10.0. The van der Waals surface area contributed by atoms with Gasteiger partial charge < -0.3 is 8.74 Å². The lowest BCUT2D eigenvalue weighted by molar-refractivity contribution is -0.138. The third kappa shape index (κ3) is 3.74. The fourth-order valence-corrected chi connectivity index (χ4v) is 4.18. The maximum Gasteiger partial charge on any atom is 0.341 e. The lowest BCUT2D eigenvalue weighted by Gasteiger charge is -2.22. The van der Waals surface area contributed by atoms with Gasteiger partial charge in [-0.05, 0) is 19.1 Å². The number of carbonyl (C=O) groups is 1. The van der Waals surface area contributed by atoms with Crippen LogP contribution in [0.25, 0.3) is 0 Å². The van der Waals surface area contributed by atoms with Crippen LogP contribution in [0, 0.1) is 12.8 Å². The number of carbonyl (C=O) groups excluding carboxylic acids is 1. The van der Waals surface area contributed by atoms with Gasteiger partial charge in [-0.15, -0.1) is 0 Å². The van der Waals surface area contributed by atoms with Crippen molar-refractivity contribution in [1.29, 1.82) is 0 Å². The third-order valence-corrected chi connectivity index (χ3v) is 5.84. The van der Waals surface area contributed by atoms with Crippen molar-refractivity contribution in [2.24, 2.45) is 5.92 Å². The molecule has 7 heteroatoms. The van der Waals surface area contributed by atoms with Crippen molar-refractivity contribution in [3.05, 3.63) is 29.8 Å². The van der Waals surface area contributed by atoms with E-state index >= 15 is 0 Å². The third-order valence-electron chi connectivity index (χ3n) is 3.22. The first-order chi connectivity index (χ1) is 9.38. The zero-order chi connectivity index (χ0) is 14.8. The van der Waals surface area contributed by atoms with Gasteiger partial charge in [0.05, 0.1) is 5.92 Å². The summed E-state index contributed by atoms with van der Waals surface area (Å²) in [5.74, 6) is -0.385. The highest BCUT2D eigenvalue weighted by molar-refractivity contribution is 7.91. The highest BCUT2D eigenvalue weighted by Crippen LogP contribution is 2.22.